The van der Waals surface area contributed by atoms with Crippen molar-refractivity contribution < 1.29 is 17.7 Å². The van der Waals surface area contributed by atoms with Crippen molar-refractivity contribution in [3.05, 3.63) is 29.8 Å². The average Bonchev–Trinajstić information content (AvgIpc) is 2.06. The molecule has 1 N–H and O–H groups in total. The Kier molecular flexibility index (Phi) is 3.49. The van der Waals surface area contributed by atoms with Gasteiger partial charge in [0, 0.05) is 6.61 Å². The van der Waals surface area contributed by atoms with Crippen molar-refractivity contribution in [1.29, 1.82) is 0 Å². The molecule has 0 saturated carbocycles. The van der Waals surface area contributed by atoms with Crippen molar-refractivity contribution in [1.82, 2.24) is 0 Å². The minimum Gasteiger partial charge on any atom is -0.396 e. The molecular weight excluding hydrogens is 204 g/mol. The number of benzene rings is 1. The lowest BCUT2D eigenvalue weighted by molar-refractivity contribution is 0.299. The minimum atomic E-state index is -3.45. The summed E-state index contributed by atoms with van der Waals surface area (Å²) in [6.45, 7) is 0.0757. The van der Waals surface area contributed by atoms with Gasteiger partial charge in [0.1, 0.15) is 5.75 Å². The Hall–Kier alpha value is -1.07. The normalized spacial score (nSPS) is 11.3. The highest BCUT2D eigenvalue weighted by molar-refractivity contribution is 7.86. The summed E-state index contributed by atoms with van der Waals surface area (Å²) in [7, 11) is -3.45. The molecule has 5 heteroatoms. The van der Waals surface area contributed by atoms with Crippen LogP contribution in [-0.4, -0.2) is 26.4 Å². The Morgan fingerprint density at radius 1 is 1.29 bits per heavy atom. The first-order valence-electron chi connectivity index (χ1n) is 4.10. The fourth-order valence-electron chi connectivity index (χ4n) is 1.02. The molecule has 14 heavy (non-hydrogen) atoms. The molecule has 0 heterocycles. The Balaban J connectivity index is 2.74. The van der Waals surface area contributed by atoms with E-state index in [1.165, 1.54) is 0 Å². The summed E-state index contributed by atoms with van der Waals surface area (Å²) in [5.41, 5.74) is 0.938. The number of hydrogen-bond donors (Lipinski definition) is 1. The Morgan fingerprint density at radius 2 is 1.86 bits per heavy atom. The molecule has 0 saturated heterocycles. The maximum atomic E-state index is 10.7. The second-order valence-corrected chi connectivity index (χ2v) is 4.48. The van der Waals surface area contributed by atoms with Gasteiger partial charge in [-0.1, -0.05) is 12.1 Å². The molecule has 0 bridgehead atoms. The molecule has 0 atom stereocenters. The van der Waals surface area contributed by atoms with Crippen molar-refractivity contribution in [3.63, 3.8) is 0 Å². The first kappa shape index (κ1) is 11.0. The van der Waals surface area contributed by atoms with Gasteiger partial charge in [-0.05, 0) is 24.1 Å². The SMILES string of the molecule is CS(=O)(=O)Oc1ccc(CCO)cc1. The van der Waals surface area contributed by atoms with Crippen LogP contribution in [-0.2, 0) is 16.5 Å². The maximum Gasteiger partial charge on any atom is 0.306 e. The monoisotopic (exact) mass is 216 g/mol. The Bertz CT molecular complexity index is 380. The lowest BCUT2D eigenvalue weighted by Gasteiger charge is -2.03. The van der Waals surface area contributed by atoms with E-state index in [0.29, 0.717) is 6.42 Å². The average molecular weight is 216 g/mol. The van der Waals surface area contributed by atoms with Crippen LogP contribution >= 0.6 is 0 Å². The Morgan fingerprint density at radius 3 is 2.29 bits per heavy atom. The molecule has 0 amide bonds. The summed E-state index contributed by atoms with van der Waals surface area (Å²) in [5.74, 6) is 0.286. The van der Waals surface area contributed by atoms with Crippen LogP contribution in [0.3, 0.4) is 0 Å². The van der Waals surface area contributed by atoms with Gasteiger partial charge in [0.15, 0.2) is 0 Å². The fraction of sp³-hybridized carbons (Fsp3) is 0.333. The molecule has 78 valence electrons. The maximum absolute atomic E-state index is 10.7. The lowest BCUT2D eigenvalue weighted by Crippen LogP contribution is -2.05. The van der Waals surface area contributed by atoms with Gasteiger partial charge >= 0.3 is 10.1 Å². The number of rotatable bonds is 4. The van der Waals surface area contributed by atoms with Crippen LogP contribution in [0.2, 0.25) is 0 Å². The third kappa shape index (κ3) is 3.76. The summed E-state index contributed by atoms with van der Waals surface area (Å²) in [4.78, 5) is 0. The summed E-state index contributed by atoms with van der Waals surface area (Å²) in [5, 5.41) is 8.65. The van der Waals surface area contributed by atoms with Crippen molar-refractivity contribution in [2.45, 2.75) is 6.42 Å². The molecule has 0 spiro atoms. The summed E-state index contributed by atoms with van der Waals surface area (Å²) >= 11 is 0. The number of hydrogen-bond acceptors (Lipinski definition) is 4. The quantitative estimate of drug-likeness (QED) is 0.747. The zero-order chi connectivity index (χ0) is 10.6. The van der Waals surface area contributed by atoms with E-state index in [4.69, 9.17) is 5.11 Å². The Labute approximate surface area is 83.3 Å². The van der Waals surface area contributed by atoms with Crippen LogP contribution in [0.25, 0.3) is 0 Å². The highest BCUT2D eigenvalue weighted by Gasteiger charge is 2.03. The van der Waals surface area contributed by atoms with Crippen LogP contribution in [0.4, 0.5) is 0 Å². The van der Waals surface area contributed by atoms with E-state index in [1.807, 2.05) is 0 Å². The minimum absolute atomic E-state index is 0.0757. The predicted molar refractivity (Wildman–Crippen MR) is 52.7 cm³/mol. The van der Waals surface area contributed by atoms with Crippen LogP contribution in [0.5, 0.6) is 5.75 Å². The third-order valence-electron chi connectivity index (χ3n) is 1.57. The highest BCUT2D eigenvalue weighted by Crippen LogP contribution is 2.13. The third-order valence-corrected chi connectivity index (χ3v) is 2.07. The van der Waals surface area contributed by atoms with Gasteiger partial charge in [0.2, 0.25) is 0 Å². The van der Waals surface area contributed by atoms with Crippen LogP contribution < -0.4 is 4.18 Å². The summed E-state index contributed by atoms with van der Waals surface area (Å²) in [6.07, 6.45) is 1.55. The van der Waals surface area contributed by atoms with Crippen molar-refractivity contribution in [2.75, 3.05) is 12.9 Å². The van der Waals surface area contributed by atoms with E-state index in [1.54, 1.807) is 24.3 Å². The molecule has 0 aromatic heterocycles. The van der Waals surface area contributed by atoms with E-state index in [2.05, 4.69) is 4.18 Å². The molecule has 0 aliphatic rings. The molecule has 1 aromatic carbocycles. The highest BCUT2D eigenvalue weighted by atomic mass is 32.2. The first-order valence-corrected chi connectivity index (χ1v) is 5.92. The van der Waals surface area contributed by atoms with E-state index in [-0.39, 0.29) is 12.4 Å². The van der Waals surface area contributed by atoms with Gasteiger partial charge in [-0.3, -0.25) is 0 Å². The van der Waals surface area contributed by atoms with Crippen molar-refractivity contribution >= 4 is 10.1 Å². The fourth-order valence-corrected chi connectivity index (χ4v) is 1.48. The van der Waals surface area contributed by atoms with Crippen LogP contribution in [0.15, 0.2) is 24.3 Å². The molecule has 1 aromatic rings. The van der Waals surface area contributed by atoms with Crippen molar-refractivity contribution in [2.24, 2.45) is 0 Å². The summed E-state index contributed by atoms with van der Waals surface area (Å²) < 4.78 is 26.1. The smallest absolute Gasteiger partial charge is 0.306 e. The molecule has 0 aliphatic carbocycles. The second-order valence-electron chi connectivity index (χ2n) is 2.91. The molecule has 4 nitrogen and oxygen atoms in total. The van der Waals surface area contributed by atoms with E-state index in [0.717, 1.165) is 11.8 Å². The zero-order valence-corrected chi connectivity index (χ0v) is 8.62. The van der Waals surface area contributed by atoms with E-state index < -0.39 is 10.1 Å². The number of aliphatic hydroxyl groups excluding tert-OH is 1. The predicted octanol–water partition coefficient (Wildman–Crippen LogP) is 0.560. The number of aliphatic hydroxyl groups is 1. The largest absolute Gasteiger partial charge is 0.396 e. The first-order chi connectivity index (χ1) is 6.51. The van der Waals surface area contributed by atoms with Gasteiger partial charge in [0.25, 0.3) is 0 Å². The lowest BCUT2D eigenvalue weighted by atomic mass is 10.2. The van der Waals surface area contributed by atoms with Crippen LogP contribution in [0.1, 0.15) is 5.56 Å². The van der Waals surface area contributed by atoms with Gasteiger partial charge in [0.05, 0.1) is 6.26 Å². The molecule has 0 fully saturated rings. The molecule has 0 unspecified atom stereocenters. The van der Waals surface area contributed by atoms with E-state index >= 15 is 0 Å². The molecule has 0 aliphatic heterocycles. The molecule has 1 rings (SSSR count). The van der Waals surface area contributed by atoms with Crippen molar-refractivity contribution in [3.8, 4) is 5.75 Å². The topological polar surface area (TPSA) is 63.6 Å². The molecule has 0 radical (unpaired) electrons. The van der Waals surface area contributed by atoms with Gasteiger partial charge in [-0.15, -0.1) is 0 Å². The zero-order valence-electron chi connectivity index (χ0n) is 7.80. The van der Waals surface area contributed by atoms with Crippen LogP contribution in [0, 0.1) is 0 Å². The standard InChI is InChI=1S/C9H12O4S/c1-14(11,12)13-9-4-2-8(3-5-9)6-7-10/h2-5,10H,6-7H2,1H3. The van der Waals surface area contributed by atoms with Gasteiger partial charge in [-0.25, -0.2) is 0 Å². The van der Waals surface area contributed by atoms with Gasteiger partial charge in [-0.2, -0.15) is 8.42 Å². The van der Waals surface area contributed by atoms with E-state index in [9.17, 15) is 8.42 Å². The molecular formula is C9H12O4S. The summed E-state index contributed by atoms with van der Waals surface area (Å²) in [6, 6.07) is 6.56. The van der Waals surface area contributed by atoms with Gasteiger partial charge < -0.3 is 9.29 Å². The second kappa shape index (κ2) is 4.43.